The minimum absolute atomic E-state index is 0.124. The van der Waals surface area contributed by atoms with Gasteiger partial charge in [0.15, 0.2) is 5.78 Å². The predicted molar refractivity (Wildman–Crippen MR) is 188 cm³/mol. The number of anilines is 1. The number of ether oxygens (including phenoxy) is 1. The van der Waals surface area contributed by atoms with Crippen LogP contribution in [0.1, 0.15) is 40.3 Å². The lowest BCUT2D eigenvalue weighted by Gasteiger charge is -2.39. The number of benzene rings is 5. The highest BCUT2D eigenvalue weighted by Crippen LogP contribution is 2.74. The second kappa shape index (κ2) is 11.0. The zero-order valence-corrected chi connectivity index (χ0v) is 27.1. The number of imide groups is 1. The summed E-state index contributed by atoms with van der Waals surface area (Å²) in [5.74, 6) is -2.12. The largest absolute Gasteiger partial charge is 0.494 e. The first-order chi connectivity index (χ1) is 23.3. The molecule has 5 nitrogen and oxygen atoms in total. The Bertz CT molecular complexity index is 1970. The second-order valence-corrected chi connectivity index (χ2v) is 13.1. The standard InChI is InChI=1S/C43H35NO4/c1-4-48-34-25-23-33(24-26-34)44-39(45)37-38(40(44)46)43(32-13-9-6-10-14-32)36(30-21-17-28(3)18-22-30)35(29-19-15-27(2)16-20-29)42(37,41(43)47)31-11-7-5-8-12-31/h5-26,37-38H,4H2,1-3H3/t37-,38+,42-,43-/m0/s1. The molecule has 1 saturated heterocycles. The van der Waals surface area contributed by atoms with E-state index >= 15 is 14.4 Å². The van der Waals surface area contributed by atoms with Crippen molar-refractivity contribution in [2.45, 2.75) is 31.6 Å². The highest BCUT2D eigenvalue weighted by Gasteiger charge is 2.82. The van der Waals surface area contributed by atoms with Crippen molar-refractivity contribution in [3.05, 3.63) is 167 Å². The molecule has 0 radical (unpaired) electrons. The quantitative estimate of drug-likeness (QED) is 0.172. The molecule has 1 saturated carbocycles. The van der Waals surface area contributed by atoms with Gasteiger partial charge in [-0.3, -0.25) is 14.4 Å². The van der Waals surface area contributed by atoms with Gasteiger partial charge in [0, 0.05) is 0 Å². The molecule has 5 heteroatoms. The van der Waals surface area contributed by atoms with Crippen LogP contribution in [0.15, 0.2) is 133 Å². The molecule has 3 aliphatic rings. The molecule has 2 fully saturated rings. The van der Waals surface area contributed by atoms with E-state index in [-0.39, 0.29) is 17.6 Å². The van der Waals surface area contributed by atoms with Crippen molar-refractivity contribution in [2.24, 2.45) is 11.8 Å². The van der Waals surface area contributed by atoms with Gasteiger partial charge in [-0.15, -0.1) is 0 Å². The molecule has 5 aromatic rings. The number of hydrogen-bond donors (Lipinski definition) is 0. The maximum absolute atomic E-state index is 16.0. The van der Waals surface area contributed by atoms with Crippen molar-refractivity contribution in [3.63, 3.8) is 0 Å². The third-order valence-electron chi connectivity index (χ3n) is 10.5. The van der Waals surface area contributed by atoms with Gasteiger partial charge in [-0.1, -0.05) is 120 Å². The molecule has 1 aliphatic heterocycles. The summed E-state index contributed by atoms with van der Waals surface area (Å²) in [7, 11) is 0. The number of carbonyl (C=O) groups is 3. The first-order valence-electron chi connectivity index (χ1n) is 16.5. The van der Waals surface area contributed by atoms with Crippen molar-refractivity contribution in [1.82, 2.24) is 0 Å². The van der Waals surface area contributed by atoms with E-state index in [9.17, 15) is 0 Å². The van der Waals surface area contributed by atoms with E-state index in [1.165, 1.54) is 4.90 Å². The Hall–Kier alpha value is -5.55. The predicted octanol–water partition coefficient (Wildman–Crippen LogP) is 7.89. The number of amides is 2. The lowest BCUT2D eigenvalue weighted by atomic mass is 9.59. The van der Waals surface area contributed by atoms with Crippen LogP contribution >= 0.6 is 0 Å². The number of ketones is 1. The number of Topliss-reactive ketones (excluding diaryl/α,β-unsaturated/α-hetero) is 1. The van der Waals surface area contributed by atoms with Gasteiger partial charge < -0.3 is 4.74 Å². The number of rotatable bonds is 7. The molecule has 2 bridgehead atoms. The molecule has 0 unspecified atom stereocenters. The summed E-state index contributed by atoms with van der Waals surface area (Å²) in [4.78, 5) is 47.5. The molecule has 0 spiro atoms. The van der Waals surface area contributed by atoms with Crippen molar-refractivity contribution in [2.75, 3.05) is 11.5 Å². The number of carbonyl (C=O) groups excluding carboxylic acids is 3. The molecule has 236 valence electrons. The van der Waals surface area contributed by atoms with Gasteiger partial charge >= 0.3 is 0 Å². The SMILES string of the molecule is CCOc1ccc(N2C(=O)[C@@H]3[C@H](C2=O)[C@@]2(c4ccccc4)C(=O)[C@@]3(c3ccccc3)C(c3ccc(C)cc3)=C2c2ccc(C)cc2)cc1. The van der Waals surface area contributed by atoms with Crippen molar-refractivity contribution in [1.29, 1.82) is 0 Å². The van der Waals surface area contributed by atoms with Crippen LogP contribution in [0.25, 0.3) is 11.1 Å². The van der Waals surface area contributed by atoms with E-state index in [0.29, 0.717) is 18.0 Å². The van der Waals surface area contributed by atoms with E-state index in [1.807, 2.05) is 106 Å². The summed E-state index contributed by atoms with van der Waals surface area (Å²) < 4.78 is 5.66. The van der Waals surface area contributed by atoms with Gasteiger partial charge in [-0.2, -0.15) is 0 Å². The number of allylic oxidation sites excluding steroid dienone is 2. The van der Waals surface area contributed by atoms with Crippen molar-refractivity contribution < 1.29 is 19.1 Å². The molecule has 1 heterocycles. The molecule has 0 aromatic heterocycles. The molecule has 8 rings (SSSR count). The number of nitrogens with zero attached hydrogens (tertiary/aromatic N) is 1. The minimum atomic E-state index is -1.43. The second-order valence-electron chi connectivity index (χ2n) is 13.1. The third kappa shape index (κ3) is 3.88. The van der Waals surface area contributed by atoms with Gasteiger partial charge in [0.2, 0.25) is 11.8 Å². The smallest absolute Gasteiger partial charge is 0.239 e. The van der Waals surface area contributed by atoms with Crippen LogP contribution in [-0.2, 0) is 25.2 Å². The van der Waals surface area contributed by atoms with Gasteiger partial charge in [0.1, 0.15) is 5.75 Å². The molecule has 0 N–H and O–H groups in total. The van der Waals surface area contributed by atoms with E-state index in [1.54, 1.807) is 24.3 Å². The minimum Gasteiger partial charge on any atom is -0.494 e. The summed E-state index contributed by atoms with van der Waals surface area (Å²) in [5.41, 5.74) is 4.54. The van der Waals surface area contributed by atoms with Gasteiger partial charge in [-0.25, -0.2) is 4.90 Å². The Labute approximate surface area is 280 Å². The summed E-state index contributed by atoms with van der Waals surface area (Å²) in [6.45, 7) is 6.48. The highest BCUT2D eigenvalue weighted by atomic mass is 16.5. The van der Waals surface area contributed by atoms with E-state index in [2.05, 4.69) is 24.3 Å². The van der Waals surface area contributed by atoms with Crippen LogP contribution in [-0.4, -0.2) is 24.2 Å². The molecule has 2 aliphatic carbocycles. The van der Waals surface area contributed by atoms with Crippen LogP contribution in [0, 0.1) is 25.7 Å². The van der Waals surface area contributed by atoms with E-state index < -0.39 is 22.7 Å². The molecular formula is C43H35NO4. The maximum atomic E-state index is 16.0. The highest BCUT2D eigenvalue weighted by molar-refractivity contribution is 6.39. The summed E-state index contributed by atoms with van der Waals surface area (Å²) in [6, 6.07) is 42.7. The molecule has 2 amide bonds. The fourth-order valence-electron chi connectivity index (χ4n) is 8.68. The number of hydrogen-bond acceptors (Lipinski definition) is 4. The Balaban J connectivity index is 1.51. The average molecular weight is 630 g/mol. The fraction of sp³-hybridized carbons (Fsp3) is 0.186. The van der Waals surface area contributed by atoms with Crippen LogP contribution in [0.5, 0.6) is 5.75 Å². The summed E-state index contributed by atoms with van der Waals surface area (Å²) >= 11 is 0. The number of fused-ring (bicyclic) bond motifs is 5. The first-order valence-corrected chi connectivity index (χ1v) is 16.5. The van der Waals surface area contributed by atoms with Crippen molar-refractivity contribution in [3.8, 4) is 5.75 Å². The normalized spacial score (nSPS) is 24.4. The molecular weight excluding hydrogens is 594 g/mol. The average Bonchev–Trinajstić information content (AvgIpc) is 3.62. The monoisotopic (exact) mass is 629 g/mol. The maximum Gasteiger partial charge on any atom is 0.239 e. The third-order valence-corrected chi connectivity index (χ3v) is 10.5. The summed E-state index contributed by atoms with van der Waals surface area (Å²) in [5, 5.41) is 0. The zero-order chi connectivity index (χ0) is 33.2. The first kappa shape index (κ1) is 29.8. The van der Waals surface area contributed by atoms with E-state index in [4.69, 9.17) is 4.74 Å². The molecule has 4 atom stereocenters. The lowest BCUT2D eigenvalue weighted by Crippen LogP contribution is -2.45. The Morgan fingerprint density at radius 3 is 1.38 bits per heavy atom. The van der Waals surface area contributed by atoms with Gasteiger partial charge in [0.05, 0.1) is 35.0 Å². The zero-order valence-electron chi connectivity index (χ0n) is 27.1. The molecule has 48 heavy (non-hydrogen) atoms. The van der Waals surface area contributed by atoms with Gasteiger partial charge in [-0.05, 0) is 78.4 Å². The topological polar surface area (TPSA) is 63.7 Å². The Kier molecular flexibility index (Phi) is 6.85. The van der Waals surface area contributed by atoms with Crippen LogP contribution in [0.2, 0.25) is 0 Å². The summed E-state index contributed by atoms with van der Waals surface area (Å²) in [6.07, 6.45) is 0. The fourth-order valence-corrected chi connectivity index (χ4v) is 8.68. The van der Waals surface area contributed by atoms with Crippen molar-refractivity contribution >= 4 is 34.4 Å². The Morgan fingerprint density at radius 1 is 0.562 bits per heavy atom. The lowest BCUT2D eigenvalue weighted by molar-refractivity contribution is -0.130. The van der Waals surface area contributed by atoms with E-state index in [0.717, 1.165) is 44.5 Å². The Morgan fingerprint density at radius 2 is 0.979 bits per heavy atom. The van der Waals surface area contributed by atoms with Gasteiger partial charge in [0.25, 0.3) is 0 Å². The molecule has 5 aromatic carbocycles. The number of aryl methyl sites for hydroxylation is 2. The van der Waals surface area contributed by atoms with Crippen LogP contribution in [0.4, 0.5) is 5.69 Å². The van der Waals surface area contributed by atoms with Crippen LogP contribution < -0.4 is 9.64 Å². The van der Waals surface area contributed by atoms with Crippen LogP contribution in [0.3, 0.4) is 0 Å².